The minimum absolute atomic E-state index is 0.132. The first-order valence-electron chi connectivity index (χ1n) is 10.1. The van der Waals surface area contributed by atoms with Crippen LogP contribution in [0, 0.1) is 0 Å². The van der Waals surface area contributed by atoms with E-state index in [4.69, 9.17) is 27.9 Å². The Kier molecular flexibility index (Phi) is 6.39. The molecule has 0 radical (unpaired) electrons. The summed E-state index contributed by atoms with van der Waals surface area (Å²) in [5.41, 5.74) is 4.00. The number of ether oxygens (including phenoxy) is 1. The molecule has 0 unspecified atom stereocenters. The van der Waals surface area contributed by atoms with Crippen molar-refractivity contribution in [1.29, 1.82) is 0 Å². The molecular weight excluding hydrogens is 435 g/mol. The van der Waals surface area contributed by atoms with Crippen molar-refractivity contribution < 1.29 is 9.53 Å². The Morgan fingerprint density at radius 1 is 1.06 bits per heavy atom. The van der Waals surface area contributed by atoms with Gasteiger partial charge < -0.3 is 14.5 Å². The highest BCUT2D eigenvalue weighted by molar-refractivity contribution is 6.42. The summed E-state index contributed by atoms with van der Waals surface area (Å²) in [6.45, 7) is 2.55. The molecule has 0 saturated carbocycles. The van der Waals surface area contributed by atoms with Gasteiger partial charge in [-0.1, -0.05) is 29.3 Å². The molecule has 0 atom stereocenters. The van der Waals surface area contributed by atoms with Crippen LogP contribution in [0.2, 0.25) is 10.0 Å². The summed E-state index contributed by atoms with van der Waals surface area (Å²) < 4.78 is 7.42. The van der Waals surface area contributed by atoms with Crippen LogP contribution in [-0.2, 0) is 18.4 Å². The van der Waals surface area contributed by atoms with Crippen molar-refractivity contribution in [3.63, 3.8) is 0 Å². The third kappa shape index (κ3) is 4.81. The Hall–Kier alpha value is -2.70. The van der Waals surface area contributed by atoms with E-state index in [1.807, 2.05) is 48.6 Å². The van der Waals surface area contributed by atoms with Gasteiger partial charge in [-0.15, -0.1) is 0 Å². The quantitative estimate of drug-likeness (QED) is 0.558. The molecule has 4 rings (SSSR count). The van der Waals surface area contributed by atoms with E-state index in [1.165, 1.54) is 0 Å². The van der Waals surface area contributed by atoms with Gasteiger partial charge in [-0.25, -0.2) is 0 Å². The van der Waals surface area contributed by atoms with Crippen molar-refractivity contribution in [1.82, 2.24) is 14.7 Å². The Morgan fingerprint density at radius 3 is 2.61 bits per heavy atom. The number of nitrogens with zero attached hydrogens (tertiary/aromatic N) is 4. The Labute approximate surface area is 191 Å². The molecule has 1 aromatic heterocycles. The summed E-state index contributed by atoms with van der Waals surface area (Å²) in [6.07, 6.45) is 4.24. The van der Waals surface area contributed by atoms with Gasteiger partial charge in [-0.05, 0) is 29.8 Å². The number of carbonyl (C=O) groups excluding carboxylic acids is 1. The highest BCUT2D eigenvalue weighted by atomic mass is 35.5. The number of rotatable bonds is 5. The maximum Gasteiger partial charge on any atom is 0.224 e. The Morgan fingerprint density at radius 2 is 1.90 bits per heavy atom. The summed E-state index contributed by atoms with van der Waals surface area (Å²) in [7, 11) is 3.56. The lowest BCUT2D eigenvalue weighted by Crippen LogP contribution is -2.32. The van der Waals surface area contributed by atoms with E-state index < -0.39 is 0 Å². The van der Waals surface area contributed by atoms with E-state index in [1.54, 1.807) is 17.9 Å². The lowest BCUT2D eigenvalue weighted by Gasteiger charge is -2.24. The molecule has 2 aromatic carbocycles. The summed E-state index contributed by atoms with van der Waals surface area (Å²) in [4.78, 5) is 16.8. The number of anilines is 1. The number of halogens is 2. The van der Waals surface area contributed by atoms with Crippen molar-refractivity contribution in [3.05, 3.63) is 64.4 Å². The standard InChI is InChI=1S/C23H24Cl2N4O2/c1-27-15-17(13-26-27)19-5-4-18(12-22(19)31-2)28-8-7-23(30)29(10-9-28)14-16-3-6-20(24)21(25)11-16/h3-6,11-13,15H,7-10,14H2,1-2H3. The molecule has 1 fully saturated rings. The largest absolute Gasteiger partial charge is 0.496 e. The van der Waals surface area contributed by atoms with Crippen molar-refractivity contribution in [2.24, 2.45) is 7.05 Å². The Bertz CT molecular complexity index is 1100. The van der Waals surface area contributed by atoms with Crippen molar-refractivity contribution in [2.75, 3.05) is 31.6 Å². The first-order valence-corrected chi connectivity index (χ1v) is 10.8. The van der Waals surface area contributed by atoms with E-state index >= 15 is 0 Å². The fourth-order valence-electron chi connectivity index (χ4n) is 3.83. The molecule has 3 aromatic rings. The zero-order valence-electron chi connectivity index (χ0n) is 17.5. The zero-order valence-corrected chi connectivity index (χ0v) is 19.0. The van der Waals surface area contributed by atoms with Crippen LogP contribution < -0.4 is 9.64 Å². The Balaban J connectivity index is 1.50. The fraction of sp³-hybridized carbons (Fsp3) is 0.304. The minimum Gasteiger partial charge on any atom is -0.496 e. The van der Waals surface area contributed by atoms with Crippen LogP contribution in [0.25, 0.3) is 11.1 Å². The van der Waals surface area contributed by atoms with Crippen LogP contribution in [-0.4, -0.2) is 47.3 Å². The second-order valence-corrected chi connectivity index (χ2v) is 8.40. The predicted octanol–water partition coefficient (Wildman–Crippen LogP) is 4.64. The molecule has 0 bridgehead atoms. The van der Waals surface area contributed by atoms with Gasteiger partial charge in [0.1, 0.15) is 5.75 Å². The van der Waals surface area contributed by atoms with Gasteiger partial charge in [0.15, 0.2) is 0 Å². The highest BCUT2D eigenvalue weighted by Crippen LogP contribution is 2.34. The monoisotopic (exact) mass is 458 g/mol. The molecule has 1 aliphatic rings. The molecular formula is C23H24Cl2N4O2. The normalized spacial score (nSPS) is 14.6. The lowest BCUT2D eigenvalue weighted by atomic mass is 10.1. The molecule has 1 aliphatic heterocycles. The first-order chi connectivity index (χ1) is 14.9. The third-order valence-electron chi connectivity index (χ3n) is 5.51. The lowest BCUT2D eigenvalue weighted by molar-refractivity contribution is -0.130. The highest BCUT2D eigenvalue weighted by Gasteiger charge is 2.22. The van der Waals surface area contributed by atoms with Gasteiger partial charge in [0.25, 0.3) is 0 Å². The van der Waals surface area contributed by atoms with Crippen LogP contribution in [0.5, 0.6) is 5.75 Å². The van der Waals surface area contributed by atoms with E-state index in [0.29, 0.717) is 36.1 Å². The molecule has 31 heavy (non-hydrogen) atoms. The van der Waals surface area contributed by atoms with E-state index in [2.05, 4.69) is 16.1 Å². The van der Waals surface area contributed by atoms with Crippen LogP contribution in [0.15, 0.2) is 48.8 Å². The number of methoxy groups -OCH3 is 1. The molecule has 6 nitrogen and oxygen atoms in total. The maximum absolute atomic E-state index is 12.7. The van der Waals surface area contributed by atoms with Crippen LogP contribution in [0.1, 0.15) is 12.0 Å². The number of carbonyl (C=O) groups is 1. The number of hydrogen-bond acceptors (Lipinski definition) is 4. The third-order valence-corrected chi connectivity index (χ3v) is 6.25. The van der Waals surface area contributed by atoms with Gasteiger partial charge in [0.05, 0.1) is 23.4 Å². The molecule has 1 saturated heterocycles. The number of hydrogen-bond donors (Lipinski definition) is 0. The second kappa shape index (κ2) is 9.20. The van der Waals surface area contributed by atoms with Gasteiger partial charge >= 0.3 is 0 Å². The molecule has 162 valence electrons. The number of aromatic nitrogens is 2. The van der Waals surface area contributed by atoms with Crippen molar-refractivity contribution in [3.8, 4) is 16.9 Å². The molecule has 8 heteroatoms. The first kappa shape index (κ1) is 21.5. The summed E-state index contributed by atoms with van der Waals surface area (Å²) in [5, 5.41) is 5.27. The maximum atomic E-state index is 12.7. The van der Waals surface area contributed by atoms with Gasteiger partial charge in [-0.2, -0.15) is 5.10 Å². The smallest absolute Gasteiger partial charge is 0.224 e. The summed E-state index contributed by atoms with van der Waals surface area (Å²) in [5.74, 6) is 0.918. The van der Waals surface area contributed by atoms with Gasteiger partial charge in [0, 0.05) is 68.7 Å². The number of benzene rings is 2. The molecule has 2 heterocycles. The molecule has 0 aliphatic carbocycles. The predicted molar refractivity (Wildman–Crippen MR) is 124 cm³/mol. The number of aryl methyl sites for hydroxylation is 1. The van der Waals surface area contributed by atoms with Crippen LogP contribution in [0.4, 0.5) is 5.69 Å². The number of amides is 1. The van der Waals surface area contributed by atoms with Gasteiger partial charge in [0.2, 0.25) is 5.91 Å². The second-order valence-electron chi connectivity index (χ2n) is 7.59. The fourth-order valence-corrected chi connectivity index (χ4v) is 4.15. The molecule has 0 spiro atoms. The van der Waals surface area contributed by atoms with E-state index in [0.717, 1.165) is 34.7 Å². The van der Waals surface area contributed by atoms with Crippen molar-refractivity contribution in [2.45, 2.75) is 13.0 Å². The van der Waals surface area contributed by atoms with E-state index in [9.17, 15) is 4.79 Å². The zero-order chi connectivity index (χ0) is 22.0. The van der Waals surface area contributed by atoms with Crippen LogP contribution in [0.3, 0.4) is 0 Å². The molecule has 0 N–H and O–H groups in total. The van der Waals surface area contributed by atoms with Crippen LogP contribution >= 0.6 is 23.2 Å². The molecule has 1 amide bonds. The van der Waals surface area contributed by atoms with Gasteiger partial charge in [-0.3, -0.25) is 9.48 Å². The summed E-state index contributed by atoms with van der Waals surface area (Å²) in [6, 6.07) is 11.6. The summed E-state index contributed by atoms with van der Waals surface area (Å²) >= 11 is 12.1. The minimum atomic E-state index is 0.132. The topological polar surface area (TPSA) is 50.6 Å². The average Bonchev–Trinajstić information content (AvgIpc) is 3.12. The van der Waals surface area contributed by atoms with Crippen molar-refractivity contribution >= 4 is 34.8 Å². The average molecular weight is 459 g/mol. The SMILES string of the molecule is COc1cc(N2CCC(=O)N(Cc3ccc(Cl)c(Cl)c3)CC2)ccc1-c1cnn(C)c1. The van der Waals surface area contributed by atoms with E-state index in [-0.39, 0.29) is 5.91 Å².